The quantitative estimate of drug-likeness (QED) is 0.237. The predicted molar refractivity (Wildman–Crippen MR) is 147 cm³/mol. The Morgan fingerprint density at radius 1 is 1.29 bits per heavy atom. The molecule has 2 aromatic rings. The Hall–Kier alpha value is -3.47. The number of furan rings is 1. The average molecular weight is 572 g/mol. The molecule has 0 spiro atoms. The minimum absolute atomic E-state index is 0.0702. The maximum Gasteiger partial charge on any atom is 0.475 e. The van der Waals surface area contributed by atoms with Gasteiger partial charge in [0.25, 0.3) is 11.8 Å². The Labute approximate surface area is 237 Å². The molecule has 1 aromatic carbocycles. The van der Waals surface area contributed by atoms with E-state index >= 15 is 0 Å². The summed E-state index contributed by atoms with van der Waals surface area (Å²) in [6, 6.07) is 9.16. The third kappa shape index (κ3) is 6.89. The molecule has 0 aliphatic carbocycles. The summed E-state index contributed by atoms with van der Waals surface area (Å²) in [6.45, 7) is 4.94. The Bertz CT molecular complexity index is 1360. The lowest BCUT2D eigenvalue weighted by atomic mass is 9.76. The lowest BCUT2D eigenvalue weighted by Gasteiger charge is -2.36. The molecule has 13 heteroatoms. The van der Waals surface area contributed by atoms with Gasteiger partial charge >= 0.3 is 13.2 Å². The minimum Gasteiger partial charge on any atom is -0.464 e. The fourth-order valence-electron chi connectivity index (χ4n) is 5.55. The van der Waals surface area contributed by atoms with Gasteiger partial charge in [-0.05, 0) is 57.7 Å². The second-order valence-corrected chi connectivity index (χ2v) is 11.6. The van der Waals surface area contributed by atoms with E-state index in [0.29, 0.717) is 30.5 Å². The molecule has 220 valence electrons. The number of benzene rings is 1. The van der Waals surface area contributed by atoms with Crippen molar-refractivity contribution in [3.05, 3.63) is 47.7 Å². The van der Waals surface area contributed by atoms with E-state index in [1.165, 1.54) is 17.2 Å². The molecule has 1 unspecified atom stereocenters. The summed E-state index contributed by atoms with van der Waals surface area (Å²) in [4.78, 5) is 29.2. The van der Waals surface area contributed by atoms with Gasteiger partial charge in [-0.1, -0.05) is 18.2 Å². The molecule has 41 heavy (non-hydrogen) atoms. The maximum atomic E-state index is 13.8. The summed E-state index contributed by atoms with van der Waals surface area (Å²) < 4.78 is 38.5. The number of ether oxygens (including phenoxy) is 1. The van der Waals surface area contributed by atoms with Crippen LogP contribution in [0.4, 0.5) is 13.6 Å². The summed E-state index contributed by atoms with van der Waals surface area (Å²) in [7, 11) is -1.88. The van der Waals surface area contributed by atoms with E-state index in [4.69, 9.17) is 9.15 Å². The van der Waals surface area contributed by atoms with Gasteiger partial charge in [-0.25, -0.2) is 13.6 Å². The Balaban J connectivity index is 1.40. The van der Waals surface area contributed by atoms with Crippen LogP contribution in [0, 0.1) is 11.3 Å². The van der Waals surface area contributed by atoms with Gasteiger partial charge < -0.3 is 29.4 Å². The summed E-state index contributed by atoms with van der Waals surface area (Å²) in [6.07, 6.45) is 2.92. The number of likely N-dealkylation sites (tertiary alicyclic amines) is 2. The summed E-state index contributed by atoms with van der Waals surface area (Å²) >= 11 is 0. The first-order valence-corrected chi connectivity index (χ1v) is 13.6. The first-order valence-electron chi connectivity index (χ1n) is 13.6. The molecular weight excluding hydrogens is 537 g/mol. The van der Waals surface area contributed by atoms with Gasteiger partial charge in [0.05, 0.1) is 24.3 Å². The van der Waals surface area contributed by atoms with E-state index in [-0.39, 0.29) is 31.6 Å². The Morgan fingerprint density at radius 2 is 2.02 bits per heavy atom. The summed E-state index contributed by atoms with van der Waals surface area (Å²) in [5, 5.41) is 32.8. The van der Waals surface area contributed by atoms with E-state index < -0.39 is 48.6 Å². The number of para-hydroxylation sites is 1. The van der Waals surface area contributed by atoms with E-state index in [0.717, 1.165) is 5.39 Å². The van der Waals surface area contributed by atoms with E-state index in [2.05, 4.69) is 5.32 Å². The number of carbonyl (C=O) groups is 2. The number of hydrogen-bond donors (Lipinski definition) is 3. The normalized spacial score (nSPS) is 22.0. The van der Waals surface area contributed by atoms with Gasteiger partial charge in [0.15, 0.2) is 0 Å². The second-order valence-electron chi connectivity index (χ2n) is 11.6. The van der Waals surface area contributed by atoms with Crippen LogP contribution in [-0.4, -0.2) is 88.1 Å². The number of hydrogen-bond acceptors (Lipinski definition) is 8. The summed E-state index contributed by atoms with van der Waals surface area (Å²) in [5.41, 5.74) is -0.743. The molecule has 3 N–H and O–H groups in total. The topological polar surface area (TPSA) is 139 Å². The van der Waals surface area contributed by atoms with Gasteiger partial charge in [-0.2, -0.15) is 5.26 Å². The zero-order valence-electron chi connectivity index (χ0n) is 23.4. The number of nitrogens with zero attached hydrogens (tertiary/aromatic N) is 3. The van der Waals surface area contributed by atoms with Crippen molar-refractivity contribution >= 4 is 30.1 Å². The van der Waals surface area contributed by atoms with Crippen molar-refractivity contribution in [2.45, 2.75) is 69.4 Å². The molecule has 0 saturated carbocycles. The van der Waals surface area contributed by atoms with Crippen LogP contribution in [0.2, 0.25) is 0 Å². The van der Waals surface area contributed by atoms with E-state index in [1.807, 2.05) is 24.3 Å². The SMILES string of the molecule is CC(C)(C=C(C#N)C(=O)N1CCC[C@]1(C)COC(=O)NC(Cc1coc2ccccc12)B(O)O)N1CCC(F)(F)C1. The van der Waals surface area contributed by atoms with E-state index in [1.54, 1.807) is 31.7 Å². The monoisotopic (exact) mass is 572 g/mol. The molecule has 2 atom stereocenters. The Morgan fingerprint density at radius 3 is 2.68 bits per heavy atom. The van der Waals surface area contributed by atoms with Crippen molar-refractivity contribution in [3.63, 3.8) is 0 Å². The van der Waals surface area contributed by atoms with Crippen molar-refractivity contribution in [1.82, 2.24) is 15.1 Å². The molecule has 2 amide bonds. The fourth-order valence-corrected chi connectivity index (χ4v) is 5.55. The molecule has 3 heterocycles. The first-order chi connectivity index (χ1) is 19.2. The number of nitriles is 1. The van der Waals surface area contributed by atoms with Gasteiger partial charge in [0.1, 0.15) is 23.8 Å². The molecule has 2 fully saturated rings. The van der Waals surface area contributed by atoms with Crippen LogP contribution in [0.3, 0.4) is 0 Å². The minimum atomic E-state index is -2.81. The molecular formula is C28H35BF2N4O6. The second kappa shape index (κ2) is 11.8. The van der Waals surface area contributed by atoms with E-state index in [9.17, 15) is 33.7 Å². The fraction of sp³-hybridized carbons (Fsp3) is 0.536. The highest BCUT2D eigenvalue weighted by Crippen LogP contribution is 2.34. The smallest absolute Gasteiger partial charge is 0.464 e. The van der Waals surface area contributed by atoms with Gasteiger partial charge in [-0.15, -0.1) is 0 Å². The first kappa shape index (κ1) is 30.5. The van der Waals surface area contributed by atoms with Crippen molar-refractivity contribution in [2.75, 3.05) is 26.2 Å². The molecule has 2 aliphatic rings. The molecule has 1 aromatic heterocycles. The number of rotatable bonds is 9. The molecule has 10 nitrogen and oxygen atoms in total. The highest BCUT2D eigenvalue weighted by molar-refractivity contribution is 6.43. The lowest BCUT2D eigenvalue weighted by Crippen LogP contribution is -2.52. The number of carbonyl (C=O) groups excluding carboxylic acids is 2. The number of alkyl halides is 2. The highest BCUT2D eigenvalue weighted by Gasteiger charge is 2.45. The van der Waals surface area contributed by atoms with Crippen LogP contribution in [-0.2, 0) is 16.0 Å². The highest BCUT2D eigenvalue weighted by atomic mass is 19.3. The number of fused-ring (bicyclic) bond motifs is 1. The zero-order chi connectivity index (χ0) is 30.0. The molecule has 2 aliphatic heterocycles. The third-order valence-corrected chi connectivity index (χ3v) is 8.01. The number of nitrogens with one attached hydrogen (secondary N) is 1. The third-order valence-electron chi connectivity index (χ3n) is 8.01. The van der Waals surface area contributed by atoms with Crippen LogP contribution in [0.1, 0.15) is 45.6 Å². The van der Waals surface area contributed by atoms with Crippen LogP contribution >= 0.6 is 0 Å². The van der Waals surface area contributed by atoms with Gasteiger partial charge in [0.2, 0.25) is 0 Å². The molecule has 2 saturated heterocycles. The molecule has 0 bridgehead atoms. The van der Waals surface area contributed by atoms with Crippen LogP contribution < -0.4 is 5.32 Å². The standard InChI is InChI=1S/C28H35BF2N4O6/c1-26(2,34-12-10-28(30,31)17-34)14-20(15-32)24(36)35-11-6-9-27(35,3)18-41-25(37)33-23(29(38)39)13-19-16-40-22-8-5-4-7-21(19)22/h4-5,7-8,14,16,23,38-39H,6,9-13,17-18H2,1-3H3,(H,33,37)/t23?,27-/m1/s1. The van der Waals surface area contributed by atoms with Crippen LogP contribution in [0.25, 0.3) is 11.0 Å². The molecule has 4 rings (SSSR count). The van der Waals surface area contributed by atoms with Gasteiger partial charge in [0, 0.05) is 30.4 Å². The predicted octanol–water partition coefficient (Wildman–Crippen LogP) is 3.03. The van der Waals surface area contributed by atoms with Gasteiger partial charge in [-0.3, -0.25) is 9.69 Å². The largest absolute Gasteiger partial charge is 0.475 e. The number of halogens is 2. The van der Waals surface area contributed by atoms with Crippen LogP contribution in [0.5, 0.6) is 0 Å². The van der Waals surface area contributed by atoms with Crippen molar-refractivity contribution in [2.24, 2.45) is 0 Å². The van der Waals surface area contributed by atoms with Crippen LogP contribution in [0.15, 0.2) is 46.6 Å². The summed E-state index contributed by atoms with van der Waals surface area (Å²) in [5.74, 6) is -4.47. The zero-order valence-corrected chi connectivity index (χ0v) is 23.4. The number of amides is 2. The number of alkyl carbamates (subject to hydrolysis) is 1. The maximum absolute atomic E-state index is 13.8. The Kier molecular flexibility index (Phi) is 8.77. The van der Waals surface area contributed by atoms with Crippen molar-refractivity contribution in [3.8, 4) is 6.07 Å². The van der Waals surface area contributed by atoms with Crippen molar-refractivity contribution in [1.29, 1.82) is 5.26 Å². The van der Waals surface area contributed by atoms with Crippen molar-refractivity contribution < 1.29 is 37.6 Å². The lowest BCUT2D eigenvalue weighted by molar-refractivity contribution is -0.131. The molecule has 0 radical (unpaired) electrons. The average Bonchev–Trinajstić information content (AvgIpc) is 3.62.